The summed E-state index contributed by atoms with van der Waals surface area (Å²) < 4.78 is 0. The van der Waals surface area contributed by atoms with Crippen molar-refractivity contribution in [3.05, 3.63) is 64.2 Å². The number of amides is 1. The van der Waals surface area contributed by atoms with Crippen LogP contribution in [-0.2, 0) is 6.54 Å². The molecular formula is C18H22N2O. The van der Waals surface area contributed by atoms with Crippen LogP contribution in [0.5, 0.6) is 0 Å². The van der Waals surface area contributed by atoms with Crippen molar-refractivity contribution in [2.24, 2.45) is 0 Å². The Balaban J connectivity index is 2.21. The van der Waals surface area contributed by atoms with Gasteiger partial charge in [0.25, 0.3) is 5.91 Å². The number of carbonyl (C=O) groups excluding carboxylic acids is 1. The Bertz CT molecular complexity index is 677. The first-order valence-electron chi connectivity index (χ1n) is 7.06. The zero-order chi connectivity index (χ0) is 15.6. The van der Waals surface area contributed by atoms with E-state index in [1.807, 2.05) is 26.1 Å². The fraction of sp³-hybridized carbons (Fsp3) is 0.278. The highest BCUT2D eigenvalue weighted by Crippen LogP contribution is 2.18. The number of anilines is 1. The molecule has 2 rings (SSSR count). The van der Waals surface area contributed by atoms with E-state index < -0.39 is 0 Å². The fourth-order valence-corrected chi connectivity index (χ4v) is 2.41. The molecule has 0 radical (unpaired) electrons. The van der Waals surface area contributed by atoms with Crippen LogP contribution in [0, 0.1) is 20.8 Å². The van der Waals surface area contributed by atoms with E-state index in [0.29, 0.717) is 17.8 Å². The second-order valence-corrected chi connectivity index (χ2v) is 5.68. The summed E-state index contributed by atoms with van der Waals surface area (Å²) in [6.07, 6.45) is 0. The number of nitrogens with zero attached hydrogens (tertiary/aromatic N) is 1. The minimum absolute atomic E-state index is 0.0452. The number of benzene rings is 2. The number of carbonyl (C=O) groups is 1. The number of nitrogen functional groups attached to an aromatic ring is 1. The molecule has 21 heavy (non-hydrogen) atoms. The van der Waals surface area contributed by atoms with E-state index in [2.05, 4.69) is 32.0 Å². The minimum Gasteiger partial charge on any atom is -0.398 e. The molecule has 3 nitrogen and oxygen atoms in total. The standard InChI is InChI=1S/C18H22N2O/c1-12-5-7-15(14(3)9-12)11-20(4)18(21)16-10-13(2)6-8-17(16)19/h5-10H,11,19H2,1-4H3. The molecule has 3 heteroatoms. The average molecular weight is 282 g/mol. The highest BCUT2D eigenvalue weighted by molar-refractivity contribution is 5.99. The first-order chi connectivity index (χ1) is 9.88. The smallest absolute Gasteiger partial charge is 0.255 e. The second-order valence-electron chi connectivity index (χ2n) is 5.68. The second kappa shape index (κ2) is 6.00. The molecule has 0 aliphatic carbocycles. The van der Waals surface area contributed by atoms with Crippen LogP contribution in [0.2, 0.25) is 0 Å². The van der Waals surface area contributed by atoms with E-state index in [-0.39, 0.29) is 5.91 Å². The molecule has 2 aromatic carbocycles. The van der Waals surface area contributed by atoms with Crippen LogP contribution >= 0.6 is 0 Å². The predicted molar refractivity (Wildman–Crippen MR) is 87.3 cm³/mol. The Morgan fingerprint density at radius 1 is 1.05 bits per heavy atom. The lowest BCUT2D eigenvalue weighted by Crippen LogP contribution is -2.27. The molecule has 0 unspecified atom stereocenters. The average Bonchev–Trinajstić information content (AvgIpc) is 2.43. The van der Waals surface area contributed by atoms with Gasteiger partial charge in [0.05, 0.1) is 5.56 Å². The van der Waals surface area contributed by atoms with Gasteiger partial charge in [0, 0.05) is 19.3 Å². The largest absolute Gasteiger partial charge is 0.398 e. The number of aryl methyl sites for hydroxylation is 3. The van der Waals surface area contributed by atoms with Crippen molar-refractivity contribution in [2.45, 2.75) is 27.3 Å². The summed E-state index contributed by atoms with van der Waals surface area (Å²) in [4.78, 5) is 14.3. The predicted octanol–water partition coefficient (Wildman–Crippen LogP) is 3.47. The Morgan fingerprint density at radius 3 is 2.33 bits per heavy atom. The molecule has 2 aromatic rings. The van der Waals surface area contributed by atoms with Gasteiger partial charge in [0.1, 0.15) is 0 Å². The molecule has 0 spiro atoms. The summed E-state index contributed by atoms with van der Waals surface area (Å²) in [5.74, 6) is -0.0452. The van der Waals surface area contributed by atoms with Gasteiger partial charge in [-0.25, -0.2) is 0 Å². The van der Waals surface area contributed by atoms with Crippen LogP contribution in [0.25, 0.3) is 0 Å². The summed E-state index contributed by atoms with van der Waals surface area (Å²) in [7, 11) is 1.81. The molecule has 0 fully saturated rings. The quantitative estimate of drug-likeness (QED) is 0.876. The summed E-state index contributed by atoms with van der Waals surface area (Å²) in [6.45, 7) is 6.68. The van der Waals surface area contributed by atoms with Gasteiger partial charge >= 0.3 is 0 Å². The molecule has 0 saturated heterocycles. The maximum Gasteiger partial charge on any atom is 0.255 e. The SMILES string of the molecule is Cc1ccc(CN(C)C(=O)c2cc(C)ccc2N)c(C)c1. The zero-order valence-corrected chi connectivity index (χ0v) is 13.1. The van der Waals surface area contributed by atoms with Crippen molar-refractivity contribution in [3.63, 3.8) is 0 Å². The van der Waals surface area contributed by atoms with E-state index in [1.54, 1.807) is 11.0 Å². The van der Waals surface area contributed by atoms with E-state index in [0.717, 1.165) is 11.1 Å². The van der Waals surface area contributed by atoms with Crippen LogP contribution in [0.15, 0.2) is 36.4 Å². The Kier molecular flexibility index (Phi) is 4.32. The molecule has 1 amide bonds. The van der Waals surface area contributed by atoms with Crippen molar-refractivity contribution in [3.8, 4) is 0 Å². The monoisotopic (exact) mass is 282 g/mol. The van der Waals surface area contributed by atoms with Crippen LogP contribution in [0.4, 0.5) is 5.69 Å². The van der Waals surface area contributed by atoms with E-state index in [1.165, 1.54) is 11.1 Å². The molecule has 0 aliphatic rings. The molecule has 0 saturated carbocycles. The van der Waals surface area contributed by atoms with E-state index in [4.69, 9.17) is 5.73 Å². The molecular weight excluding hydrogens is 260 g/mol. The van der Waals surface area contributed by atoms with Crippen molar-refractivity contribution in [1.82, 2.24) is 4.90 Å². The summed E-state index contributed by atoms with van der Waals surface area (Å²) in [5.41, 5.74) is 11.6. The normalized spacial score (nSPS) is 10.5. The number of rotatable bonds is 3. The van der Waals surface area contributed by atoms with Crippen molar-refractivity contribution in [2.75, 3.05) is 12.8 Å². The zero-order valence-electron chi connectivity index (χ0n) is 13.1. The first kappa shape index (κ1) is 15.1. The molecule has 0 bridgehead atoms. The van der Waals surface area contributed by atoms with Crippen LogP contribution in [-0.4, -0.2) is 17.9 Å². The van der Waals surface area contributed by atoms with E-state index in [9.17, 15) is 4.79 Å². The Labute approximate surface area is 126 Å². The van der Waals surface area contributed by atoms with Gasteiger partial charge in [-0.15, -0.1) is 0 Å². The summed E-state index contributed by atoms with van der Waals surface area (Å²) in [6, 6.07) is 11.8. The lowest BCUT2D eigenvalue weighted by molar-refractivity contribution is 0.0786. The number of hydrogen-bond donors (Lipinski definition) is 1. The minimum atomic E-state index is -0.0452. The molecule has 110 valence electrons. The van der Waals surface area contributed by atoms with Crippen molar-refractivity contribution < 1.29 is 4.79 Å². The van der Waals surface area contributed by atoms with Crippen molar-refractivity contribution in [1.29, 1.82) is 0 Å². The Hall–Kier alpha value is -2.29. The highest BCUT2D eigenvalue weighted by Gasteiger charge is 2.15. The summed E-state index contributed by atoms with van der Waals surface area (Å²) in [5, 5.41) is 0. The van der Waals surface area contributed by atoms with Crippen molar-refractivity contribution >= 4 is 11.6 Å². The number of hydrogen-bond acceptors (Lipinski definition) is 2. The maximum atomic E-state index is 12.5. The lowest BCUT2D eigenvalue weighted by atomic mass is 10.0. The Morgan fingerprint density at radius 2 is 1.67 bits per heavy atom. The van der Waals surface area contributed by atoms with Gasteiger partial charge in [0.15, 0.2) is 0 Å². The molecule has 0 heterocycles. The van der Waals surface area contributed by atoms with E-state index >= 15 is 0 Å². The molecule has 0 aliphatic heterocycles. The fourth-order valence-electron chi connectivity index (χ4n) is 2.41. The summed E-state index contributed by atoms with van der Waals surface area (Å²) >= 11 is 0. The van der Waals surface area contributed by atoms with Crippen LogP contribution in [0.1, 0.15) is 32.6 Å². The first-order valence-corrected chi connectivity index (χ1v) is 7.06. The lowest BCUT2D eigenvalue weighted by Gasteiger charge is -2.20. The van der Waals surface area contributed by atoms with Gasteiger partial charge in [-0.3, -0.25) is 4.79 Å². The van der Waals surface area contributed by atoms with Crippen LogP contribution < -0.4 is 5.73 Å². The molecule has 0 aromatic heterocycles. The molecule has 0 atom stereocenters. The van der Waals surface area contributed by atoms with Gasteiger partial charge in [0.2, 0.25) is 0 Å². The maximum absolute atomic E-state index is 12.5. The molecule has 2 N–H and O–H groups in total. The van der Waals surface area contributed by atoms with Gasteiger partial charge in [-0.1, -0.05) is 35.4 Å². The third-order valence-electron chi connectivity index (χ3n) is 3.69. The third kappa shape index (κ3) is 3.43. The van der Waals surface area contributed by atoms with Gasteiger partial charge < -0.3 is 10.6 Å². The van der Waals surface area contributed by atoms with Crippen LogP contribution in [0.3, 0.4) is 0 Å². The highest BCUT2D eigenvalue weighted by atomic mass is 16.2. The third-order valence-corrected chi connectivity index (χ3v) is 3.69. The number of nitrogens with two attached hydrogens (primary N) is 1. The topological polar surface area (TPSA) is 46.3 Å². The van der Waals surface area contributed by atoms with Gasteiger partial charge in [-0.05, 0) is 44.0 Å². The van der Waals surface area contributed by atoms with Gasteiger partial charge in [-0.2, -0.15) is 0 Å².